The molecule has 0 radical (unpaired) electrons. The highest BCUT2D eigenvalue weighted by Gasteiger charge is 2.20. The third kappa shape index (κ3) is 5.59. The van der Waals surface area contributed by atoms with Crippen LogP contribution in [-0.4, -0.2) is 9.97 Å². The quantitative estimate of drug-likeness (QED) is 0.786. The highest BCUT2D eigenvalue weighted by molar-refractivity contribution is 5.18. The molecule has 0 unspecified atom stereocenters. The van der Waals surface area contributed by atoms with Gasteiger partial charge in [0.05, 0.1) is 0 Å². The van der Waals surface area contributed by atoms with Gasteiger partial charge in [0.2, 0.25) is 0 Å². The van der Waals surface area contributed by atoms with Gasteiger partial charge in [-0.3, -0.25) is 9.97 Å². The van der Waals surface area contributed by atoms with Gasteiger partial charge in [-0.1, -0.05) is 40.7 Å². The lowest BCUT2D eigenvalue weighted by molar-refractivity contribution is 0.356. The molecule has 2 heteroatoms. The molecule has 0 fully saturated rings. The monoisotopic (exact) mass is 296 g/mol. The molecule has 2 rings (SSSR count). The van der Waals surface area contributed by atoms with Crippen molar-refractivity contribution in [3.63, 3.8) is 0 Å². The molecular weight excluding hydrogens is 268 g/mol. The Kier molecular flexibility index (Phi) is 5.00. The Morgan fingerprint density at radius 1 is 0.773 bits per heavy atom. The van der Waals surface area contributed by atoms with Crippen molar-refractivity contribution in [3.05, 3.63) is 59.7 Å². The van der Waals surface area contributed by atoms with Crippen LogP contribution in [0.3, 0.4) is 0 Å². The summed E-state index contributed by atoms with van der Waals surface area (Å²) in [7, 11) is 0. The van der Waals surface area contributed by atoms with Gasteiger partial charge < -0.3 is 0 Å². The van der Waals surface area contributed by atoms with Gasteiger partial charge >= 0.3 is 0 Å². The Bertz CT molecular complexity index is 577. The molecule has 0 aromatic carbocycles. The lowest BCUT2D eigenvalue weighted by Gasteiger charge is -2.24. The number of nitrogens with zero attached hydrogens (tertiary/aromatic N) is 2. The predicted octanol–water partition coefficient (Wildman–Crippen LogP) is 4.88. The maximum atomic E-state index is 4.68. The van der Waals surface area contributed by atoms with Crippen LogP contribution in [0.25, 0.3) is 0 Å². The van der Waals surface area contributed by atoms with Crippen LogP contribution in [0.1, 0.15) is 51.4 Å². The minimum atomic E-state index is 0.194. The maximum Gasteiger partial charge on any atom is 0.0409 e. The SMILES string of the molecule is CC(C)(C)Cc1ccc(CC(C)(C)Cc2ccncc2)nc1. The van der Waals surface area contributed by atoms with E-state index in [2.05, 4.69) is 68.9 Å². The lowest BCUT2D eigenvalue weighted by atomic mass is 9.81. The Labute approximate surface area is 135 Å². The van der Waals surface area contributed by atoms with Crippen LogP contribution in [0, 0.1) is 10.8 Å². The summed E-state index contributed by atoms with van der Waals surface area (Å²) in [4.78, 5) is 8.76. The largest absolute Gasteiger partial charge is 0.265 e. The van der Waals surface area contributed by atoms with Crippen LogP contribution < -0.4 is 0 Å². The summed E-state index contributed by atoms with van der Waals surface area (Å²) in [6.45, 7) is 11.4. The van der Waals surface area contributed by atoms with Crippen LogP contribution in [0.4, 0.5) is 0 Å². The van der Waals surface area contributed by atoms with Crippen molar-refractivity contribution in [1.29, 1.82) is 0 Å². The van der Waals surface area contributed by atoms with Crippen molar-refractivity contribution in [2.24, 2.45) is 10.8 Å². The summed E-state index contributed by atoms with van der Waals surface area (Å²) >= 11 is 0. The van der Waals surface area contributed by atoms with Crippen molar-refractivity contribution < 1.29 is 0 Å². The molecule has 0 N–H and O–H groups in total. The average Bonchev–Trinajstić information content (AvgIpc) is 2.39. The summed E-state index contributed by atoms with van der Waals surface area (Å²) in [5.74, 6) is 0. The molecule has 2 aromatic heterocycles. The minimum Gasteiger partial charge on any atom is -0.265 e. The zero-order chi connectivity index (χ0) is 16.2. The highest BCUT2D eigenvalue weighted by Crippen LogP contribution is 2.26. The van der Waals surface area contributed by atoms with E-state index in [0.29, 0.717) is 5.41 Å². The van der Waals surface area contributed by atoms with E-state index in [0.717, 1.165) is 19.3 Å². The lowest BCUT2D eigenvalue weighted by Crippen LogP contribution is -2.19. The van der Waals surface area contributed by atoms with E-state index in [1.54, 1.807) is 0 Å². The first kappa shape index (κ1) is 16.7. The Morgan fingerprint density at radius 2 is 1.45 bits per heavy atom. The Morgan fingerprint density at radius 3 is 2.00 bits per heavy atom. The van der Waals surface area contributed by atoms with Gasteiger partial charge in [-0.15, -0.1) is 0 Å². The first-order valence-corrected chi connectivity index (χ1v) is 8.06. The topological polar surface area (TPSA) is 25.8 Å². The molecule has 0 atom stereocenters. The van der Waals surface area contributed by atoms with E-state index in [9.17, 15) is 0 Å². The van der Waals surface area contributed by atoms with Crippen molar-refractivity contribution in [2.45, 2.75) is 53.9 Å². The van der Waals surface area contributed by atoms with Gasteiger partial charge in [0.1, 0.15) is 0 Å². The van der Waals surface area contributed by atoms with E-state index in [4.69, 9.17) is 0 Å². The number of rotatable bonds is 5. The molecule has 2 heterocycles. The molecule has 0 spiro atoms. The molecule has 2 aromatic rings. The summed E-state index contributed by atoms with van der Waals surface area (Å²) in [5, 5.41) is 0. The predicted molar refractivity (Wildman–Crippen MR) is 92.8 cm³/mol. The average molecular weight is 296 g/mol. The minimum absolute atomic E-state index is 0.194. The van der Waals surface area contributed by atoms with E-state index >= 15 is 0 Å². The molecule has 0 aliphatic carbocycles. The van der Waals surface area contributed by atoms with Gasteiger partial charge in [-0.05, 0) is 59.4 Å². The molecule has 2 nitrogen and oxygen atoms in total. The molecule has 0 aliphatic rings. The second-order valence-electron chi connectivity index (χ2n) is 8.27. The molecule has 0 aliphatic heterocycles. The number of hydrogen-bond donors (Lipinski definition) is 0. The van der Waals surface area contributed by atoms with Crippen molar-refractivity contribution in [2.75, 3.05) is 0 Å². The number of pyridine rings is 2. The third-order valence-corrected chi connectivity index (χ3v) is 3.71. The number of aromatic nitrogens is 2. The van der Waals surface area contributed by atoms with Gasteiger partial charge in [0.15, 0.2) is 0 Å². The summed E-state index contributed by atoms with van der Waals surface area (Å²) in [6.07, 6.45) is 8.88. The Hall–Kier alpha value is -1.70. The van der Waals surface area contributed by atoms with Crippen LogP contribution in [0.5, 0.6) is 0 Å². The Balaban J connectivity index is 2.00. The van der Waals surface area contributed by atoms with Crippen molar-refractivity contribution in [3.8, 4) is 0 Å². The summed E-state index contributed by atoms with van der Waals surface area (Å²) in [5.41, 5.74) is 4.34. The standard InChI is InChI=1S/C20H28N2/c1-19(2,3)12-17-6-7-18(22-15-17)14-20(4,5)13-16-8-10-21-11-9-16/h6-11,15H,12-14H2,1-5H3. The maximum absolute atomic E-state index is 4.68. The fourth-order valence-corrected chi connectivity index (χ4v) is 2.88. The number of hydrogen-bond acceptors (Lipinski definition) is 2. The van der Waals surface area contributed by atoms with Crippen LogP contribution in [0.2, 0.25) is 0 Å². The zero-order valence-corrected chi connectivity index (χ0v) is 14.6. The second kappa shape index (κ2) is 6.60. The normalized spacial score (nSPS) is 12.4. The van der Waals surface area contributed by atoms with E-state index in [1.165, 1.54) is 16.8 Å². The summed E-state index contributed by atoms with van der Waals surface area (Å²) in [6, 6.07) is 8.62. The molecular formula is C20H28N2. The first-order valence-electron chi connectivity index (χ1n) is 8.06. The molecule has 0 saturated carbocycles. The highest BCUT2D eigenvalue weighted by atomic mass is 14.7. The van der Waals surface area contributed by atoms with E-state index in [-0.39, 0.29) is 5.41 Å². The molecule has 0 saturated heterocycles. The van der Waals surface area contributed by atoms with Gasteiger partial charge in [-0.2, -0.15) is 0 Å². The third-order valence-electron chi connectivity index (χ3n) is 3.71. The van der Waals surface area contributed by atoms with Gasteiger partial charge in [0.25, 0.3) is 0 Å². The van der Waals surface area contributed by atoms with Gasteiger partial charge in [-0.25, -0.2) is 0 Å². The molecule has 118 valence electrons. The second-order valence-corrected chi connectivity index (χ2v) is 8.27. The fraction of sp³-hybridized carbons (Fsp3) is 0.500. The van der Waals surface area contributed by atoms with E-state index in [1.807, 2.05) is 18.6 Å². The van der Waals surface area contributed by atoms with E-state index < -0.39 is 0 Å². The molecule has 0 bridgehead atoms. The fourth-order valence-electron chi connectivity index (χ4n) is 2.88. The summed E-state index contributed by atoms with van der Waals surface area (Å²) < 4.78 is 0. The van der Waals surface area contributed by atoms with Crippen molar-refractivity contribution >= 4 is 0 Å². The van der Waals surface area contributed by atoms with Crippen LogP contribution in [0.15, 0.2) is 42.9 Å². The van der Waals surface area contributed by atoms with Crippen LogP contribution in [-0.2, 0) is 19.3 Å². The smallest absolute Gasteiger partial charge is 0.0409 e. The molecule has 0 amide bonds. The van der Waals surface area contributed by atoms with Crippen molar-refractivity contribution in [1.82, 2.24) is 9.97 Å². The van der Waals surface area contributed by atoms with Gasteiger partial charge in [0, 0.05) is 24.3 Å². The zero-order valence-electron chi connectivity index (χ0n) is 14.6. The van der Waals surface area contributed by atoms with Crippen LogP contribution >= 0.6 is 0 Å². The first-order chi connectivity index (χ1) is 10.2. The molecule has 22 heavy (non-hydrogen) atoms.